The van der Waals surface area contributed by atoms with E-state index in [1.165, 1.54) is 13.0 Å². The van der Waals surface area contributed by atoms with Crippen LogP contribution in [0.15, 0.2) is 21.3 Å². The van der Waals surface area contributed by atoms with E-state index < -0.39 is 5.63 Å². The molecule has 0 aliphatic carbocycles. The van der Waals surface area contributed by atoms with Crippen LogP contribution in [0.25, 0.3) is 11.0 Å². The number of phenolic OH excluding ortho intramolecular Hbond substituents is 1. The van der Waals surface area contributed by atoms with Crippen molar-refractivity contribution in [1.29, 1.82) is 0 Å². The smallest absolute Gasteiger partial charge is 0.355 e. The van der Waals surface area contributed by atoms with Crippen LogP contribution < -0.4 is 10.4 Å². The molecule has 100 valence electrons. The van der Waals surface area contributed by atoms with E-state index in [2.05, 4.69) is 0 Å². The van der Waals surface area contributed by atoms with E-state index >= 15 is 0 Å². The topological polar surface area (TPSA) is 76.7 Å². The van der Waals surface area contributed by atoms with Crippen molar-refractivity contribution in [3.8, 4) is 11.5 Å². The molecule has 0 bridgehead atoms. The van der Waals surface area contributed by atoms with Gasteiger partial charge < -0.3 is 14.3 Å². The lowest BCUT2D eigenvalue weighted by molar-refractivity contribution is -0.118. The fourth-order valence-corrected chi connectivity index (χ4v) is 1.81. The Hall–Kier alpha value is -2.01. The molecule has 2 aromatic rings. The summed E-state index contributed by atoms with van der Waals surface area (Å²) in [7, 11) is 0. The van der Waals surface area contributed by atoms with Crippen LogP contribution in [0.1, 0.15) is 12.5 Å². The first-order valence-electron chi connectivity index (χ1n) is 5.49. The zero-order valence-corrected chi connectivity index (χ0v) is 11.1. The summed E-state index contributed by atoms with van der Waals surface area (Å²) in [6, 6.07) is 2.95. The molecule has 0 spiro atoms. The number of fused-ring (bicyclic) bond motifs is 1. The molecule has 0 radical (unpaired) electrons. The fraction of sp³-hybridized carbons (Fsp3) is 0.231. The van der Waals surface area contributed by atoms with Crippen LogP contribution in [0.3, 0.4) is 0 Å². The Bertz CT molecular complexity index is 717. The van der Waals surface area contributed by atoms with Gasteiger partial charge in [0.2, 0.25) is 5.75 Å². The summed E-state index contributed by atoms with van der Waals surface area (Å²) in [6.07, 6.45) is 0. The highest BCUT2D eigenvalue weighted by Gasteiger charge is 2.16. The summed E-state index contributed by atoms with van der Waals surface area (Å²) >= 11 is 5.81. The number of ether oxygens (including phenoxy) is 1. The van der Waals surface area contributed by atoms with Gasteiger partial charge in [-0.25, -0.2) is 4.79 Å². The van der Waals surface area contributed by atoms with Gasteiger partial charge in [-0.3, -0.25) is 4.79 Å². The summed E-state index contributed by atoms with van der Waals surface area (Å²) < 4.78 is 10.2. The molecular formula is C13H11ClO5. The summed E-state index contributed by atoms with van der Waals surface area (Å²) in [5, 5.41) is 10.3. The molecule has 5 nitrogen and oxygen atoms in total. The number of Topliss-reactive ketones (excluding diaryl/α,β-unsaturated/α-hetero) is 1. The van der Waals surface area contributed by atoms with Crippen LogP contribution in [-0.4, -0.2) is 17.5 Å². The quantitative estimate of drug-likeness (QED) is 0.875. The zero-order valence-electron chi connectivity index (χ0n) is 10.3. The number of halogens is 1. The van der Waals surface area contributed by atoms with Crippen LogP contribution in [0.4, 0.5) is 0 Å². The molecule has 0 saturated heterocycles. The Morgan fingerprint density at radius 2 is 2.16 bits per heavy atom. The normalized spacial score (nSPS) is 10.7. The average molecular weight is 283 g/mol. The van der Waals surface area contributed by atoms with Gasteiger partial charge in [-0.2, -0.15) is 0 Å². The van der Waals surface area contributed by atoms with Gasteiger partial charge in [-0.15, -0.1) is 0 Å². The van der Waals surface area contributed by atoms with Crippen LogP contribution in [-0.2, 0) is 4.79 Å². The highest BCUT2D eigenvalue weighted by atomic mass is 35.5. The molecule has 1 heterocycles. The minimum absolute atomic E-state index is 0.0179. The minimum Gasteiger partial charge on any atom is -0.504 e. The maximum Gasteiger partial charge on any atom is 0.355 e. The molecule has 6 heteroatoms. The van der Waals surface area contributed by atoms with Gasteiger partial charge in [0.1, 0.15) is 11.6 Å². The second-order valence-electron chi connectivity index (χ2n) is 4.11. The molecule has 0 fully saturated rings. The third-order valence-electron chi connectivity index (χ3n) is 2.62. The SMILES string of the molecule is CC(=O)COc1c(O)ccc2c(C)c(Cl)c(=O)oc12. The number of aryl methyl sites for hydroxylation is 1. The lowest BCUT2D eigenvalue weighted by atomic mass is 10.1. The Labute approximate surface area is 113 Å². The molecule has 2 rings (SSSR count). The number of hydrogen-bond donors (Lipinski definition) is 1. The van der Waals surface area contributed by atoms with E-state index in [0.29, 0.717) is 10.9 Å². The molecule has 1 aromatic carbocycles. The highest BCUT2D eigenvalue weighted by molar-refractivity contribution is 6.31. The third-order valence-corrected chi connectivity index (χ3v) is 3.06. The van der Waals surface area contributed by atoms with Gasteiger partial charge in [0.25, 0.3) is 0 Å². The molecular weight excluding hydrogens is 272 g/mol. The average Bonchev–Trinajstić information content (AvgIpc) is 2.34. The summed E-state index contributed by atoms with van der Waals surface area (Å²) in [6.45, 7) is 2.78. The van der Waals surface area contributed by atoms with Crippen LogP contribution in [0.5, 0.6) is 11.5 Å². The van der Waals surface area contributed by atoms with Gasteiger partial charge in [0, 0.05) is 5.39 Å². The Morgan fingerprint density at radius 1 is 1.47 bits per heavy atom. The molecule has 0 unspecified atom stereocenters. The molecule has 0 atom stereocenters. The summed E-state index contributed by atoms with van der Waals surface area (Å²) in [4.78, 5) is 22.5. The van der Waals surface area contributed by atoms with Crippen molar-refractivity contribution >= 4 is 28.4 Å². The molecule has 1 aromatic heterocycles. The lowest BCUT2D eigenvalue weighted by Gasteiger charge is -2.10. The number of aromatic hydroxyl groups is 1. The van der Waals surface area contributed by atoms with E-state index in [1.807, 2.05) is 0 Å². The van der Waals surface area contributed by atoms with Crippen molar-refractivity contribution in [1.82, 2.24) is 0 Å². The van der Waals surface area contributed by atoms with Crippen molar-refractivity contribution < 1.29 is 19.1 Å². The maximum atomic E-state index is 11.6. The van der Waals surface area contributed by atoms with E-state index in [1.54, 1.807) is 13.0 Å². The van der Waals surface area contributed by atoms with Crippen LogP contribution in [0, 0.1) is 6.92 Å². The fourth-order valence-electron chi connectivity index (χ4n) is 1.67. The van der Waals surface area contributed by atoms with E-state index in [4.69, 9.17) is 20.8 Å². The number of benzene rings is 1. The number of carbonyl (C=O) groups is 1. The first-order chi connectivity index (χ1) is 8.91. The largest absolute Gasteiger partial charge is 0.504 e. The second kappa shape index (κ2) is 4.93. The third kappa shape index (κ3) is 2.42. The Morgan fingerprint density at radius 3 is 2.79 bits per heavy atom. The standard InChI is InChI=1S/C13H11ClO5/c1-6(15)5-18-12-9(16)4-3-8-7(2)10(14)13(17)19-11(8)12/h3-4,16H,5H2,1-2H3. The summed E-state index contributed by atoms with van der Waals surface area (Å²) in [5.41, 5.74) is -0.112. The molecule has 1 N–H and O–H groups in total. The monoisotopic (exact) mass is 282 g/mol. The van der Waals surface area contributed by atoms with Crippen LogP contribution >= 0.6 is 11.6 Å². The highest BCUT2D eigenvalue weighted by Crippen LogP contribution is 2.36. The first kappa shape index (κ1) is 13.4. The van der Waals surface area contributed by atoms with Crippen LogP contribution in [0.2, 0.25) is 5.02 Å². The predicted octanol–water partition coefficient (Wildman–Crippen LogP) is 2.43. The minimum atomic E-state index is -0.718. The number of ketones is 1. The van der Waals surface area contributed by atoms with Crippen molar-refractivity contribution in [2.45, 2.75) is 13.8 Å². The van der Waals surface area contributed by atoms with Gasteiger partial charge in [-0.1, -0.05) is 11.6 Å². The zero-order chi connectivity index (χ0) is 14.2. The predicted molar refractivity (Wildman–Crippen MR) is 70.1 cm³/mol. The van der Waals surface area contributed by atoms with Gasteiger partial charge in [0.05, 0.1) is 0 Å². The molecule has 0 amide bonds. The Kier molecular flexibility index (Phi) is 3.48. The van der Waals surface area contributed by atoms with Gasteiger partial charge in [-0.05, 0) is 31.5 Å². The van der Waals surface area contributed by atoms with Gasteiger partial charge >= 0.3 is 5.63 Å². The van der Waals surface area contributed by atoms with Crippen molar-refractivity contribution in [3.05, 3.63) is 33.1 Å². The maximum absolute atomic E-state index is 11.6. The van der Waals surface area contributed by atoms with Crippen molar-refractivity contribution in [3.63, 3.8) is 0 Å². The van der Waals surface area contributed by atoms with E-state index in [-0.39, 0.29) is 34.5 Å². The molecule has 19 heavy (non-hydrogen) atoms. The second-order valence-corrected chi connectivity index (χ2v) is 4.49. The number of carbonyl (C=O) groups excluding carboxylic acids is 1. The number of phenols is 1. The van der Waals surface area contributed by atoms with Crippen molar-refractivity contribution in [2.24, 2.45) is 0 Å². The number of hydrogen-bond acceptors (Lipinski definition) is 5. The van der Waals surface area contributed by atoms with Crippen molar-refractivity contribution in [2.75, 3.05) is 6.61 Å². The molecule has 0 saturated carbocycles. The summed E-state index contributed by atoms with van der Waals surface area (Å²) in [5.74, 6) is -0.465. The first-order valence-corrected chi connectivity index (χ1v) is 5.86. The number of rotatable bonds is 3. The van der Waals surface area contributed by atoms with E-state index in [0.717, 1.165) is 0 Å². The van der Waals surface area contributed by atoms with Gasteiger partial charge in [0.15, 0.2) is 17.1 Å². The Balaban J connectivity index is 2.71. The molecule has 0 aliphatic heterocycles. The van der Waals surface area contributed by atoms with E-state index in [9.17, 15) is 14.7 Å². The molecule has 0 aliphatic rings. The lowest BCUT2D eigenvalue weighted by Crippen LogP contribution is -2.08.